The molecule has 34 heavy (non-hydrogen) atoms. The van der Waals surface area contributed by atoms with Crippen LogP contribution in [-0.4, -0.2) is 51.9 Å². The van der Waals surface area contributed by atoms with Gasteiger partial charge in [-0.2, -0.15) is 0 Å². The minimum absolute atomic E-state index is 0.0910. The summed E-state index contributed by atoms with van der Waals surface area (Å²) in [7, 11) is -3.95. The largest absolute Gasteiger partial charge is 0.368 e. The van der Waals surface area contributed by atoms with Crippen LogP contribution in [0.3, 0.4) is 0 Å². The lowest BCUT2D eigenvalue weighted by Gasteiger charge is -2.38. The SMILES string of the molecule is Cc1cccc(N2CCN(C(=O)CN(c3ccccc3)S(=O)(=O)c3ccc(Cl)cc3)CC2)c1C. The number of carbonyl (C=O) groups excluding carboxylic acids is 1. The van der Waals surface area contributed by atoms with E-state index >= 15 is 0 Å². The number of rotatable bonds is 6. The summed E-state index contributed by atoms with van der Waals surface area (Å²) < 4.78 is 28.1. The van der Waals surface area contributed by atoms with Crippen molar-refractivity contribution in [2.75, 3.05) is 41.9 Å². The molecular formula is C26H28ClN3O3S. The fourth-order valence-corrected chi connectivity index (χ4v) is 5.68. The maximum atomic E-state index is 13.5. The molecule has 1 fully saturated rings. The molecule has 0 aliphatic carbocycles. The average molecular weight is 498 g/mol. The standard InChI is InChI=1S/C26H28ClN3O3S/c1-20-7-6-10-25(21(20)2)28-15-17-29(18-16-28)26(31)19-30(23-8-4-3-5-9-23)34(32,33)24-13-11-22(27)12-14-24/h3-14H,15-19H2,1-2H3. The van der Waals surface area contributed by atoms with Gasteiger partial charge in [-0.1, -0.05) is 41.9 Å². The fourth-order valence-electron chi connectivity index (χ4n) is 4.14. The summed E-state index contributed by atoms with van der Waals surface area (Å²) in [4.78, 5) is 17.4. The van der Waals surface area contributed by atoms with Crippen LogP contribution in [0.5, 0.6) is 0 Å². The predicted octanol–water partition coefficient (Wildman–Crippen LogP) is 4.50. The maximum absolute atomic E-state index is 13.5. The zero-order chi connectivity index (χ0) is 24.3. The van der Waals surface area contributed by atoms with Gasteiger partial charge in [0, 0.05) is 36.9 Å². The summed E-state index contributed by atoms with van der Waals surface area (Å²) in [6.45, 7) is 6.42. The summed E-state index contributed by atoms with van der Waals surface area (Å²) in [5.74, 6) is -0.220. The van der Waals surface area contributed by atoms with Crippen LogP contribution in [-0.2, 0) is 14.8 Å². The van der Waals surface area contributed by atoms with Crippen LogP contribution >= 0.6 is 11.6 Å². The Bertz CT molecular complexity index is 1260. The Labute approximate surface area is 206 Å². The van der Waals surface area contributed by atoms with E-state index in [-0.39, 0.29) is 17.3 Å². The quantitative estimate of drug-likeness (QED) is 0.503. The van der Waals surface area contributed by atoms with E-state index in [0.29, 0.717) is 36.9 Å². The third-order valence-electron chi connectivity index (χ3n) is 6.27. The van der Waals surface area contributed by atoms with Crippen LogP contribution in [0.2, 0.25) is 5.02 Å². The first-order valence-electron chi connectivity index (χ1n) is 11.2. The molecule has 8 heteroatoms. The molecule has 3 aromatic rings. The van der Waals surface area contributed by atoms with Crippen molar-refractivity contribution in [1.29, 1.82) is 0 Å². The lowest BCUT2D eigenvalue weighted by Crippen LogP contribution is -2.52. The molecule has 6 nitrogen and oxygen atoms in total. The van der Waals surface area contributed by atoms with Crippen LogP contribution in [0.1, 0.15) is 11.1 Å². The van der Waals surface area contributed by atoms with Gasteiger partial charge in [0.2, 0.25) is 5.91 Å². The number of benzene rings is 3. The molecule has 0 spiro atoms. The Morgan fingerprint density at radius 2 is 1.53 bits per heavy atom. The number of aryl methyl sites for hydroxylation is 1. The lowest BCUT2D eigenvalue weighted by atomic mass is 10.1. The molecule has 1 heterocycles. The van der Waals surface area contributed by atoms with Crippen LogP contribution in [0.4, 0.5) is 11.4 Å². The monoisotopic (exact) mass is 497 g/mol. The zero-order valence-corrected chi connectivity index (χ0v) is 20.9. The van der Waals surface area contributed by atoms with Crippen molar-refractivity contribution in [3.05, 3.63) is 88.9 Å². The first kappa shape index (κ1) is 24.1. The van der Waals surface area contributed by atoms with Gasteiger partial charge >= 0.3 is 0 Å². The van der Waals surface area contributed by atoms with E-state index in [4.69, 9.17) is 11.6 Å². The molecule has 0 N–H and O–H groups in total. The second-order valence-corrected chi connectivity index (χ2v) is 10.7. The molecular weight excluding hydrogens is 470 g/mol. The van der Waals surface area contributed by atoms with E-state index in [2.05, 4.69) is 36.9 Å². The first-order chi connectivity index (χ1) is 16.3. The smallest absolute Gasteiger partial charge is 0.264 e. The van der Waals surface area contributed by atoms with E-state index < -0.39 is 10.0 Å². The van der Waals surface area contributed by atoms with Gasteiger partial charge in [-0.05, 0) is 67.4 Å². The van der Waals surface area contributed by atoms with Gasteiger partial charge in [0.05, 0.1) is 10.6 Å². The van der Waals surface area contributed by atoms with E-state index in [1.807, 2.05) is 6.07 Å². The van der Waals surface area contributed by atoms with Crippen molar-refractivity contribution < 1.29 is 13.2 Å². The minimum atomic E-state index is -3.95. The van der Waals surface area contributed by atoms with Gasteiger partial charge in [-0.3, -0.25) is 9.10 Å². The molecule has 178 valence electrons. The molecule has 0 unspecified atom stereocenters. The molecule has 0 saturated carbocycles. The van der Waals surface area contributed by atoms with Crippen LogP contribution in [0, 0.1) is 13.8 Å². The van der Waals surface area contributed by atoms with Crippen molar-refractivity contribution >= 4 is 38.9 Å². The normalized spacial score (nSPS) is 14.2. The van der Waals surface area contributed by atoms with E-state index in [9.17, 15) is 13.2 Å². The average Bonchev–Trinajstić information content (AvgIpc) is 2.85. The number of piperazine rings is 1. The molecule has 0 bridgehead atoms. The van der Waals surface area contributed by atoms with Gasteiger partial charge < -0.3 is 9.80 Å². The molecule has 1 aliphatic heterocycles. The molecule has 0 radical (unpaired) electrons. The molecule has 3 aromatic carbocycles. The number of anilines is 2. The topological polar surface area (TPSA) is 60.9 Å². The number of sulfonamides is 1. The first-order valence-corrected chi connectivity index (χ1v) is 13.0. The summed E-state index contributed by atoms with van der Waals surface area (Å²) >= 11 is 5.95. The highest BCUT2D eigenvalue weighted by Crippen LogP contribution is 2.26. The second-order valence-electron chi connectivity index (χ2n) is 8.39. The van der Waals surface area contributed by atoms with Gasteiger partial charge in [-0.25, -0.2) is 8.42 Å². The van der Waals surface area contributed by atoms with Crippen LogP contribution in [0.15, 0.2) is 77.7 Å². The highest BCUT2D eigenvalue weighted by atomic mass is 35.5. The number of hydrogen-bond acceptors (Lipinski definition) is 4. The zero-order valence-electron chi connectivity index (χ0n) is 19.3. The Hall–Kier alpha value is -3.03. The number of para-hydroxylation sites is 1. The van der Waals surface area contributed by atoms with Crippen molar-refractivity contribution in [1.82, 2.24) is 4.90 Å². The molecule has 0 atom stereocenters. The third kappa shape index (κ3) is 5.05. The number of halogens is 1. The van der Waals surface area contributed by atoms with Gasteiger partial charge in [-0.15, -0.1) is 0 Å². The summed E-state index contributed by atoms with van der Waals surface area (Å²) in [6.07, 6.45) is 0. The van der Waals surface area contributed by atoms with E-state index in [1.54, 1.807) is 29.2 Å². The number of hydrogen-bond donors (Lipinski definition) is 0. The van der Waals surface area contributed by atoms with Crippen molar-refractivity contribution in [2.24, 2.45) is 0 Å². The summed E-state index contributed by atoms with van der Waals surface area (Å²) in [5, 5.41) is 0.447. The third-order valence-corrected chi connectivity index (χ3v) is 8.31. The Morgan fingerprint density at radius 3 is 2.18 bits per heavy atom. The minimum Gasteiger partial charge on any atom is -0.368 e. The Balaban J connectivity index is 1.52. The molecule has 1 aliphatic rings. The van der Waals surface area contributed by atoms with Gasteiger partial charge in [0.1, 0.15) is 6.54 Å². The summed E-state index contributed by atoms with van der Waals surface area (Å²) in [6, 6.07) is 21.0. The number of nitrogens with zero attached hydrogens (tertiary/aromatic N) is 3. The van der Waals surface area contributed by atoms with Crippen molar-refractivity contribution in [3.8, 4) is 0 Å². The number of amides is 1. The van der Waals surface area contributed by atoms with Crippen LogP contribution in [0.25, 0.3) is 0 Å². The van der Waals surface area contributed by atoms with Crippen molar-refractivity contribution in [3.63, 3.8) is 0 Å². The highest BCUT2D eigenvalue weighted by Gasteiger charge is 2.30. The maximum Gasteiger partial charge on any atom is 0.264 e. The lowest BCUT2D eigenvalue weighted by molar-refractivity contribution is -0.129. The summed E-state index contributed by atoms with van der Waals surface area (Å²) in [5.41, 5.74) is 4.11. The van der Waals surface area contributed by atoms with E-state index in [0.717, 1.165) is 0 Å². The fraction of sp³-hybridized carbons (Fsp3) is 0.269. The molecule has 1 saturated heterocycles. The Kier molecular flexibility index (Phi) is 7.14. The Morgan fingerprint density at radius 1 is 0.882 bits per heavy atom. The van der Waals surface area contributed by atoms with Crippen molar-refractivity contribution in [2.45, 2.75) is 18.7 Å². The number of carbonyl (C=O) groups is 1. The van der Waals surface area contributed by atoms with Gasteiger partial charge in [0.25, 0.3) is 10.0 Å². The van der Waals surface area contributed by atoms with E-state index in [1.165, 1.54) is 45.4 Å². The predicted molar refractivity (Wildman–Crippen MR) is 137 cm³/mol. The second kappa shape index (κ2) is 10.1. The molecule has 0 aromatic heterocycles. The molecule has 1 amide bonds. The van der Waals surface area contributed by atoms with Crippen LogP contribution < -0.4 is 9.21 Å². The highest BCUT2D eigenvalue weighted by molar-refractivity contribution is 7.92. The van der Waals surface area contributed by atoms with Gasteiger partial charge in [0.15, 0.2) is 0 Å². The molecule has 4 rings (SSSR count).